The molecule has 0 aliphatic carbocycles. The predicted octanol–water partition coefficient (Wildman–Crippen LogP) is 2.30. The van der Waals surface area contributed by atoms with Crippen LogP contribution in [0.3, 0.4) is 0 Å². The van der Waals surface area contributed by atoms with Crippen LogP contribution >= 0.6 is 23.1 Å². The Balaban J connectivity index is 2.31. The van der Waals surface area contributed by atoms with Gasteiger partial charge in [0.05, 0.1) is 11.2 Å². The van der Waals surface area contributed by atoms with E-state index in [-0.39, 0.29) is 5.54 Å². The van der Waals surface area contributed by atoms with Crippen molar-refractivity contribution in [2.75, 3.05) is 11.5 Å². The van der Waals surface area contributed by atoms with Crippen LogP contribution in [-0.4, -0.2) is 16.5 Å². The van der Waals surface area contributed by atoms with Gasteiger partial charge in [0.25, 0.3) is 0 Å². The molecule has 1 aromatic heterocycles. The van der Waals surface area contributed by atoms with Gasteiger partial charge in [0.2, 0.25) is 0 Å². The Labute approximate surface area is 93.3 Å². The van der Waals surface area contributed by atoms with Gasteiger partial charge >= 0.3 is 0 Å². The second-order valence-electron chi connectivity index (χ2n) is 3.83. The maximum absolute atomic E-state index is 6.34. The number of aromatic nitrogens is 1. The fraction of sp³-hybridized carbons (Fsp3) is 0.700. The number of thioether (sulfide) groups is 1. The Morgan fingerprint density at radius 3 is 2.86 bits per heavy atom. The average Bonchev–Trinajstić information content (AvgIpc) is 2.73. The molecule has 4 heteroatoms. The summed E-state index contributed by atoms with van der Waals surface area (Å²) in [6, 6.07) is 0. The van der Waals surface area contributed by atoms with E-state index in [1.807, 2.05) is 11.8 Å². The van der Waals surface area contributed by atoms with Crippen LogP contribution < -0.4 is 5.73 Å². The smallest absolute Gasteiger partial charge is 0.114 e. The predicted molar refractivity (Wildman–Crippen MR) is 64.0 cm³/mol. The van der Waals surface area contributed by atoms with E-state index >= 15 is 0 Å². The summed E-state index contributed by atoms with van der Waals surface area (Å²) in [4.78, 5) is 6.00. The zero-order valence-electron chi connectivity index (χ0n) is 8.67. The van der Waals surface area contributed by atoms with Gasteiger partial charge in [-0.15, -0.1) is 11.3 Å². The highest BCUT2D eigenvalue weighted by molar-refractivity contribution is 7.99. The zero-order chi connectivity index (χ0) is 10.2. The lowest BCUT2D eigenvalue weighted by atomic mass is 10.0. The monoisotopic (exact) mass is 228 g/mol. The number of rotatable bonds is 2. The van der Waals surface area contributed by atoms with Crippen LogP contribution in [0.15, 0.2) is 0 Å². The molecule has 78 valence electrons. The van der Waals surface area contributed by atoms with Gasteiger partial charge in [0, 0.05) is 10.6 Å². The summed E-state index contributed by atoms with van der Waals surface area (Å²) >= 11 is 3.73. The highest BCUT2D eigenvalue weighted by Crippen LogP contribution is 2.37. The molecule has 1 fully saturated rings. The number of hydrogen-bond acceptors (Lipinski definition) is 4. The van der Waals surface area contributed by atoms with Gasteiger partial charge in [-0.3, -0.25) is 0 Å². The summed E-state index contributed by atoms with van der Waals surface area (Å²) in [7, 11) is 0. The van der Waals surface area contributed by atoms with E-state index in [1.165, 1.54) is 16.3 Å². The van der Waals surface area contributed by atoms with Gasteiger partial charge in [-0.1, -0.05) is 6.92 Å². The molecule has 0 saturated carbocycles. The molecule has 1 aliphatic rings. The van der Waals surface area contributed by atoms with Crippen LogP contribution in [0.5, 0.6) is 0 Å². The molecule has 0 aromatic carbocycles. The first-order valence-corrected chi connectivity index (χ1v) is 6.96. The van der Waals surface area contributed by atoms with E-state index in [4.69, 9.17) is 5.73 Å². The van der Waals surface area contributed by atoms with Crippen molar-refractivity contribution in [1.82, 2.24) is 4.98 Å². The first kappa shape index (κ1) is 10.5. The third kappa shape index (κ3) is 1.71. The largest absolute Gasteiger partial charge is 0.319 e. The summed E-state index contributed by atoms with van der Waals surface area (Å²) < 4.78 is 0. The van der Waals surface area contributed by atoms with Gasteiger partial charge < -0.3 is 5.73 Å². The highest BCUT2D eigenvalue weighted by atomic mass is 32.2. The van der Waals surface area contributed by atoms with Crippen molar-refractivity contribution in [1.29, 1.82) is 0 Å². The Morgan fingerprint density at radius 2 is 2.36 bits per heavy atom. The topological polar surface area (TPSA) is 38.9 Å². The zero-order valence-corrected chi connectivity index (χ0v) is 10.3. The second kappa shape index (κ2) is 3.83. The fourth-order valence-corrected chi connectivity index (χ4v) is 4.24. The van der Waals surface area contributed by atoms with Gasteiger partial charge in [0.15, 0.2) is 0 Å². The van der Waals surface area contributed by atoms with Crippen molar-refractivity contribution in [3.8, 4) is 0 Å². The van der Waals surface area contributed by atoms with Crippen molar-refractivity contribution < 1.29 is 0 Å². The molecular weight excluding hydrogens is 212 g/mol. The third-order valence-electron chi connectivity index (χ3n) is 2.71. The number of thiazole rings is 1. The van der Waals surface area contributed by atoms with Crippen LogP contribution in [0.1, 0.15) is 28.9 Å². The van der Waals surface area contributed by atoms with Crippen LogP contribution in [0.2, 0.25) is 0 Å². The van der Waals surface area contributed by atoms with E-state index in [1.54, 1.807) is 11.3 Å². The normalized spacial score (nSPS) is 27.1. The summed E-state index contributed by atoms with van der Waals surface area (Å²) in [5.74, 6) is 2.21. The van der Waals surface area contributed by atoms with E-state index in [2.05, 4.69) is 18.8 Å². The fourth-order valence-electron chi connectivity index (χ4n) is 1.72. The van der Waals surface area contributed by atoms with E-state index in [0.29, 0.717) is 0 Å². The highest BCUT2D eigenvalue weighted by Gasteiger charge is 2.35. The maximum atomic E-state index is 6.34. The summed E-state index contributed by atoms with van der Waals surface area (Å²) in [5, 5.41) is 1.15. The first-order chi connectivity index (χ1) is 6.65. The summed E-state index contributed by atoms with van der Waals surface area (Å²) in [6.07, 6.45) is 2.10. The Kier molecular flexibility index (Phi) is 2.86. The van der Waals surface area contributed by atoms with Gasteiger partial charge in [-0.2, -0.15) is 11.8 Å². The quantitative estimate of drug-likeness (QED) is 0.844. The number of hydrogen-bond donors (Lipinski definition) is 1. The Hall–Kier alpha value is -0.0600. The minimum Gasteiger partial charge on any atom is -0.319 e. The van der Waals surface area contributed by atoms with Gasteiger partial charge in [0.1, 0.15) is 5.01 Å². The molecule has 1 unspecified atom stereocenters. The van der Waals surface area contributed by atoms with Gasteiger partial charge in [-0.25, -0.2) is 4.98 Å². The average molecular weight is 228 g/mol. The summed E-state index contributed by atoms with van der Waals surface area (Å²) in [5.41, 5.74) is 7.44. The molecule has 14 heavy (non-hydrogen) atoms. The first-order valence-electron chi connectivity index (χ1n) is 4.99. The molecule has 2 heterocycles. The molecule has 1 aromatic rings. The van der Waals surface area contributed by atoms with Crippen molar-refractivity contribution in [2.24, 2.45) is 5.73 Å². The van der Waals surface area contributed by atoms with Crippen LogP contribution in [0.25, 0.3) is 0 Å². The van der Waals surface area contributed by atoms with Gasteiger partial charge in [-0.05, 0) is 25.5 Å². The van der Waals surface area contributed by atoms with E-state index < -0.39 is 0 Å². The van der Waals surface area contributed by atoms with Crippen molar-refractivity contribution in [3.05, 3.63) is 15.6 Å². The molecule has 0 spiro atoms. The molecule has 0 bridgehead atoms. The SMILES string of the molecule is CCc1nc(C2(N)CCSC2)sc1C. The second-order valence-corrected chi connectivity index (χ2v) is 6.14. The van der Waals surface area contributed by atoms with E-state index in [0.717, 1.165) is 23.6 Å². The molecule has 1 aliphatic heterocycles. The number of nitrogens with zero attached hydrogens (tertiary/aromatic N) is 1. The molecule has 2 nitrogen and oxygen atoms in total. The molecule has 0 radical (unpaired) electrons. The Morgan fingerprint density at radius 1 is 1.57 bits per heavy atom. The van der Waals surface area contributed by atoms with Crippen LogP contribution in [-0.2, 0) is 12.0 Å². The maximum Gasteiger partial charge on any atom is 0.114 e. The Bertz CT molecular complexity index is 327. The molecular formula is C10H16N2S2. The third-order valence-corrected chi connectivity index (χ3v) is 5.15. The number of aryl methyl sites for hydroxylation is 2. The van der Waals surface area contributed by atoms with Crippen LogP contribution in [0, 0.1) is 6.92 Å². The minimum atomic E-state index is -0.131. The standard InChI is InChI=1S/C10H16N2S2/c1-3-8-7(2)14-9(12-8)10(11)4-5-13-6-10/h3-6,11H2,1-2H3. The summed E-state index contributed by atoms with van der Waals surface area (Å²) in [6.45, 7) is 4.30. The van der Waals surface area contributed by atoms with Crippen LogP contribution in [0.4, 0.5) is 0 Å². The lowest BCUT2D eigenvalue weighted by Gasteiger charge is -2.18. The lowest BCUT2D eigenvalue weighted by molar-refractivity contribution is 0.505. The molecule has 2 rings (SSSR count). The minimum absolute atomic E-state index is 0.131. The molecule has 2 N–H and O–H groups in total. The van der Waals surface area contributed by atoms with Crippen molar-refractivity contribution in [3.63, 3.8) is 0 Å². The molecule has 1 saturated heterocycles. The molecule has 1 atom stereocenters. The van der Waals surface area contributed by atoms with Crippen molar-refractivity contribution >= 4 is 23.1 Å². The van der Waals surface area contributed by atoms with Crippen molar-refractivity contribution in [2.45, 2.75) is 32.2 Å². The lowest BCUT2D eigenvalue weighted by Crippen LogP contribution is -2.36. The molecule has 0 amide bonds. The number of nitrogens with two attached hydrogens (primary N) is 1. The van der Waals surface area contributed by atoms with E-state index in [9.17, 15) is 0 Å².